The third-order valence-corrected chi connectivity index (χ3v) is 7.42. The van der Waals surface area contributed by atoms with Gasteiger partial charge in [0.05, 0.1) is 6.54 Å². The first-order chi connectivity index (χ1) is 21.5. The number of amides is 5. The molecule has 1 aliphatic heterocycles. The molecule has 1 fully saturated rings. The predicted molar refractivity (Wildman–Crippen MR) is 170 cm³/mol. The maximum atomic E-state index is 13.9. The molecule has 0 aromatic heterocycles. The van der Waals surface area contributed by atoms with Gasteiger partial charge in [-0.1, -0.05) is 37.3 Å². The van der Waals surface area contributed by atoms with Crippen molar-refractivity contribution >= 4 is 54.1 Å². The summed E-state index contributed by atoms with van der Waals surface area (Å²) in [5, 5.41) is 19.9. The third-order valence-electron chi connectivity index (χ3n) is 7.05. The van der Waals surface area contributed by atoms with Crippen LogP contribution in [-0.4, -0.2) is 101 Å². The lowest BCUT2D eigenvalue weighted by atomic mass is 10.0. The number of benzene rings is 1. The Labute approximate surface area is 267 Å². The largest absolute Gasteiger partial charge is 0.480 e. The highest BCUT2D eigenvalue weighted by Crippen LogP contribution is 2.20. The minimum Gasteiger partial charge on any atom is -0.480 e. The quantitative estimate of drug-likeness (QED) is 0.0406. The zero-order valence-corrected chi connectivity index (χ0v) is 26.3. The standard InChI is InChI=1S/C29H44N8O7S/c1-2-8-23(38)33-16-24(39)34-21(17-45)25(40)36-20(15-18-9-4-3-5-10-18)27(42)37-14-7-12-22(37)26(41)35-19(28(43)44)11-6-13-32-29(30)31/h3-5,9-10,19-22,45H,2,6-8,11-17H2,1H3,(H,33,38)(H,34,39)(H,35,41)(H,36,40)(H,43,44)(H4,30,31,32). The number of nitrogens with one attached hydrogen (secondary N) is 4. The molecule has 1 aromatic carbocycles. The van der Waals surface area contributed by atoms with E-state index in [0.717, 1.165) is 5.56 Å². The van der Waals surface area contributed by atoms with Crippen molar-refractivity contribution in [1.82, 2.24) is 26.2 Å². The molecule has 0 spiro atoms. The van der Waals surface area contributed by atoms with E-state index in [9.17, 15) is 33.9 Å². The van der Waals surface area contributed by atoms with Gasteiger partial charge in [0.15, 0.2) is 5.96 Å². The summed E-state index contributed by atoms with van der Waals surface area (Å²) in [5.41, 5.74) is 11.3. The molecule has 4 unspecified atom stereocenters. The van der Waals surface area contributed by atoms with Crippen LogP contribution in [0.4, 0.5) is 0 Å². The summed E-state index contributed by atoms with van der Waals surface area (Å²) in [6.07, 6.45) is 2.16. The molecule has 2 rings (SSSR count). The highest BCUT2D eigenvalue weighted by Gasteiger charge is 2.39. The van der Waals surface area contributed by atoms with Crippen LogP contribution in [0, 0.1) is 0 Å². The molecule has 248 valence electrons. The van der Waals surface area contributed by atoms with Crippen molar-refractivity contribution in [3.8, 4) is 0 Å². The van der Waals surface area contributed by atoms with E-state index < -0.39 is 53.8 Å². The van der Waals surface area contributed by atoms with E-state index in [1.807, 2.05) is 13.0 Å². The molecule has 1 aliphatic rings. The fraction of sp³-hybridized carbons (Fsp3) is 0.552. The van der Waals surface area contributed by atoms with Gasteiger partial charge in [-0.3, -0.25) is 29.0 Å². The van der Waals surface area contributed by atoms with Crippen LogP contribution < -0.4 is 32.7 Å². The number of carbonyl (C=O) groups excluding carboxylic acids is 5. The van der Waals surface area contributed by atoms with Crippen molar-refractivity contribution in [3.05, 3.63) is 35.9 Å². The number of nitrogens with two attached hydrogens (primary N) is 2. The number of carbonyl (C=O) groups is 6. The van der Waals surface area contributed by atoms with Crippen LogP contribution in [0.5, 0.6) is 0 Å². The molecule has 9 N–H and O–H groups in total. The predicted octanol–water partition coefficient (Wildman–Crippen LogP) is -1.34. The van der Waals surface area contributed by atoms with Gasteiger partial charge < -0.3 is 42.7 Å². The summed E-state index contributed by atoms with van der Waals surface area (Å²) in [6.45, 7) is 1.93. The van der Waals surface area contributed by atoms with Crippen LogP contribution in [0.1, 0.15) is 51.0 Å². The number of guanidine groups is 1. The SMILES string of the molecule is CCCC(=O)NCC(=O)NC(CS)C(=O)NC(Cc1ccccc1)C(=O)N1CCCC1C(=O)NC(CCCN=C(N)N)C(=O)O. The van der Waals surface area contributed by atoms with E-state index in [1.54, 1.807) is 24.3 Å². The van der Waals surface area contributed by atoms with Gasteiger partial charge in [-0.15, -0.1) is 0 Å². The lowest BCUT2D eigenvalue weighted by molar-refractivity contribution is -0.145. The lowest BCUT2D eigenvalue weighted by Gasteiger charge is -2.30. The fourth-order valence-corrected chi connectivity index (χ4v) is 5.05. The molecule has 1 saturated heterocycles. The molecule has 1 aromatic rings. The zero-order valence-electron chi connectivity index (χ0n) is 25.4. The average molecular weight is 649 g/mol. The molecule has 0 bridgehead atoms. The number of carboxylic acids is 1. The van der Waals surface area contributed by atoms with Gasteiger partial charge in [0, 0.05) is 31.7 Å². The fourth-order valence-electron chi connectivity index (χ4n) is 4.79. The van der Waals surface area contributed by atoms with Crippen LogP contribution in [0.25, 0.3) is 0 Å². The van der Waals surface area contributed by atoms with Crippen molar-refractivity contribution in [2.45, 2.75) is 76.0 Å². The zero-order chi connectivity index (χ0) is 33.4. The van der Waals surface area contributed by atoms with Crippen molar-refractivity contribution in [1.29, 1.82) is 0 Å². The molecular formula is C29H44N8O7S. The van der Waals surface area contributed by atoms with Crippen LogP contribution in [0.3, 0.4) is 0 Å². The Bertz CT molecular complexity index is 1210. The van der Waals surface area contributed by atoms with Gasteiger partial charge in [-0.2, -0.15) is 12.6 Å². The second-order valence-corrected chi connectivity index (χ2v) is 11.0. The molecule has 4 atom stereocenters. The summed E-state index contributed by atoms with van der Waals surface area (Å²) in [6, 6.07) is 4.58. The van der Waals surface area contributed by atoms with Crippen molar-refractivity contribution in [2.75, 3.05) is 25.4 Å². The van der Waals surface area contributed by atoms with Gasteiger partial charge in [-0.25, -0.2) is 4.79 Å². The summed E-state index contributed by atoms with van der Waals surface area (Å²) >= 11 is 4.18. The topological polar surface area (TPSA) is 238 Å². The van der Waals surface area contributed by atoms with Gasteiger partial charge in [0.2, 0.25) is 29.5 Å². The Morgan fingerprint density at radius 3 is 2.36 bits per heavy atom. The van der Waals surface area contributed by atoms with Gasteiger partial charge in [-0.05, 0) is 37.7 Å². The molecule has 0 saturated carbocycles. The Kier molecular flexibility index (Phi) is 15.7. The number of aliphatic carboxylic acids is 1. The third kappa shape index (κ3) is 12.7. The lowest BCUT2D eigenvalue weighted by Crippen LogP contribution is -2.58. The van der Waals surface area contributed by atoms with E-state index >= 15 is 0 Å². The summed E-state index contributed by atoms with van der Waals surface area (Å²) in [4.78, 5) is 81.5. The molecule has 0 aliphatic carbocycles. The molecule has 5 amide bonds. The molecule has 1 heterocycles. The Morgan fingerprint density at radius 1 is 1.02 bits per heavy atom. The maximum absolute atomic E-state index is 13.9. The summed E-state index contributed by atoms with van der Waals surface area (Å²) in [5.74, 6) is -4.14. The first kappa shape index (κ1) is 36.8. The first-order valence-corrected chi connectivity index (χ1v) is 15.5. The second-order valence-electron chi connectivity index (χ2n) is 10.6. The minimum atomic E-state index is -1.23. The minimum absolute atomic E-state index is 0.0737. The highest BCUT2D eigenvalue weighted by atomic mass is 32.1. The monoisotopic (exact) mass is 648 g/mol. The number of likely N-dealkylation sites (tertiary alicyclic amines) is 1. The Morgan fingerprint density at radius 2 is 1.73 bits per heavy atom. The number of nitrogens with zero attached hydrogens (tertiary/aromatic N) is 2. The maximum Gasteiger partial charge on any atom is 0.326 e. The van der Waals surface area contributed by atoms with Gasteiger partial charge in [0.1, 0.15) is 24.2 Å². The molecule has 0 radical (unpaired) electrons. The normalized spacial score (nSPS) is 16.0. The smallest absolute Gasteiger partial charge is 0.326 e. The molecule has 45 heavy (non-hydrogen) atoms. The number of hydrogen-bond acceptors (Lipinski definition) is 8. The van der Waals surface area contributed by atoms with E-state index in [2.05, 4.69) is 38.9 Å². The van der Waals surface area contributed by atoms with Crippen LogP contribution in [0.2, 0.25) is 0 Å². The number of carboxylic acid groups (broad SMARTS) is 1. The summed E-state index contributed by atoms with van der Waals surface area (Å²) < 4.78 is 0. The first-order valence-electron chi connectivity index (χ1n) is 14.9. The highest BCUT2D eigenvalue weighted by molar-refractivity contribution is 7.80. The van der Waals surface area contributed by atoms with Gasteiger partial charge in [0.25, 0.3) is 0 Å². The number of hydrogen-bond donors (Lipinski definition) is 8. The Balaban J connectivity index is 2.16. The molecule has 16 heteroatoms. The average Bonchev–Trinajstić information content (AvgIpc) is 3.50. The van der Waals surface area contributed by atoms with Crippen molar-refractivity contribution in [3.63, 3.8) is 0 Å². The number of rotatable bonds is 18. The van der Waals surface area contributed by atoms with Crippen LogP contribution in [-0.2, 0) is 35.2 Å². The van der Waals surface area contributed by atoms with Crippen LogP contribution in [0.15, 0.2) is 35.3 Å². The number of thiol groups is 1. The van der Waals surface area contributed by atoms with Crippen molar-refractivity contribution in [2.24, 2.45) is 16.5 Å². The number of aliphatic imine (C=N–C) groups is 1. The molecule has 15 nitrogen and oxygen atoms in total. The van der Waals surface area contributed by atoms with Crippen molar-refractivity contribution < 1.29 is 33.9 Å². The van der Waals surface area contributed by atoms with E-state index in [-0.39, 0.29) is 56.5 Å². The Hall–Kier alpha value is -4.34. The summed E-state index contributed by atoms with van der Waals surface area (Å²) in [7, 11) is 0. The second kappa shape index (κ2) is 19.1. The van der Waals surface area contributed by atoms with E-state index in [0.29, 0.717) is 25.7 Å². The van der Waals surface area contributed by atoms with E-state index in [1.165, 1.54) is 4.90 Å². The van der Waals surface area contributed by atoms with Crippen LogP contribution >= 0.6 is 12.6 Å². The van der Waals surface area contributed by atoms with E-state index in [4.69, 9.17) is 11.5 Å². The van der Waals surface area contributed by atoms with Gasteiger partial charge >= 0.3 is 5.97 Å². The molecular weight excluding hydrogens is 604 g/mol.